The Morgan fingerprint density at radius 1 is 0.305 bits per heavy atom. The predicted molar refractivity (Wildman–Crippen MR) is 344 cm³/mol. The minimum Gasteiger partial charge on any atom is -0.455 e. The maximum atomic E-state index is 6.68. The smallest absolute Gasteiger partial charge is 0.143 e. The zero-order valence-corrected chi connectivity index (χ0v) is 46.8. The lowest BCUT2D eigenvalue weighted by molar-refractivity contribution is 0.660. The van der Waals surface area contributed by atoms with E-state index in [1.54, 1.807) is 0 Å². The van der Waals surface area contributed by atoms with Crippen LogP contribution in [0.1, 0.15) is 72.2 Å². The fourth-order valence-electron chi connectivity index (χ4n) is 15.7. The summed E-state index contributed by atoms with van der Waals surface area (Å²) in [6.07, 6.45) is 0. The van der Waals surface area contributed by atoms with Gasteiger partial charge in [0.1, 0.15) is 11.2 Å². The Morgan fingerprint density at radius 3 is 1.46 bits per heavy atom. The highest BCUT2D eigenvalue weighted by Crippen LogP contribution is 2.65. The molecule has 4 aliphatic rings. The standard InChI is InChI=1S/C79H53NOS/c1-77(2)64-26-10-5-17-53(64)56-39-36-49(44-69(56)77)80(50-37-40-57-54-18-6-11-27-65(54)78(3,4)70(57)45-50)48-34-31-46(32-35-48)52-23-16-25-61-62-41-42-68-73(76(62)82-75(52)61)63-21-8-13-29-67(63)79(68)66-28-12-7-19-55(66)58-38-33-47(43-71(58)79)51-22-15-24-60-59-20-9-14-30-72(59)81-74(51)60/h5-45H,1-4H3. The zero-order valence-electron chi connectivity index (χ0n) is 45.9. The lowest BCUT2D eigenvalue weighted by atomic mass is 9.70. The third-order valence-corrected chi connectivity index (χ3v) is 20.8. The van der Waals surface area contributed by atoms with Crippen molar-refractivity contribution in [2.24, 2.45) is 0 Å². The summed E-state index contributed by atoms with van der Waals surface area (Å²) in [5.41, 5.74) is 30.7. The molecule has 2 nitrogen and oxygen atoms in total. The van der Waals surface area contributed by atoms with E-state index < -0.39 is 5.41 Å². The molecule has 1 unspecified atom stereocenters. The number of thiophene rings is 1. The molecule has 14 aromatic rings. The summed E-state index contributed by atoms with van der Waals surface area (Å²) in [4.78, 5) is 2.49. The highest BCUT2D eigenvalue weighted by molar-refractivity contribution is 7.27. The molecule has 0 radical (unpaired) electrons. The molecular formula is C79H53NOS. The summed E-state index contributed by atoms with van der Waals surface area (Å²) in [6, 6.07) is 93.9. The van der Waals surface area contributed by atoms with Gasteiger partial charge in [0.15, 0.2) is 0 Å². The van der Waals surface area contributed by atoms with Crippen LogP contribution in [0.25, 0.3) is 109 Å². The Hall–Kier alpha value is -9.54. The molecule has 0 amide bonds. The lowest BCUT2D eigenvalue weighted by Crippen LogP contribution is -2.25. The molecular weight excluding hydrogens is 1010 g/mol. The molecule has 2 aromatic heterocycles. The molecule has 0 bridgehead atoms. The van der Waals surface area contributed by atoms with Gasteiger partial charge in [0.05, 0.1) is 5.41 Å². The highest BCUT2D eigenvalue weighted by Gasteiger charge is 2.52. The molecule has 1 spiro atoms. The monoisotopic (exact) mass is 1060 g/mol. The SMILES string of the molecule is CC1(C)c2ccccc2-c2ccc(N(c3ccc(-c4cccc5c4sc4c6c(ccc45)C4(c5ccccc5-c5ccc(-c7cccc8c7oc7ccccc78)cc54)c4ccccc4-6)cc3)c3ccc4c(c3)C(C)(C)c3ccccc3-4)cc21. The van der Waals surface area contributed by atoms with E-state index in [1.807, 2.05) is 11.3 Å². The fraction of sp³-hybridized carbons (Fsp3) is 0.0886. The summed E-state index contributed by atoms with van der Waals surface area (Å²) >= 11 is 1.95. The van der Waals surface area contributed by atoms with Crippen LogP contribution >= 0.6 is 11.3 Å². The van der Waals surface area contributed by atoms with Crippen molar-refractivity contribution >= 4 is 70.5 Å². The number of hydrogen-bond acceptors (Lipinski definition) is 3. The van der Waals surface area contributed by atoms with Gasteiger partial charge in [-0.3, -0.25) is 0 Å². The lowest BCUT2D eigenvalue weighted by Gasteiger charge is -2.30. The van der Waals surface area contributed by atoms with E-state index in [2.05, 4.69) is 281 Å². The summed E-state index contributed by atoms with van der Waals surface area (Å²) in [7, 11) is 0. The van der Waals surface area contributed by atoms with Crippen molar-refractivity contribution in [2.75, 3.05) is 4.90 Å². The molecule has 0 saturated heterocycles. The normalized spacial score (nSPS) is 16.0. The first-order chi connectivity index (χ1) is 40.2. The maximum absolute atomic E-state index is 6.68. The number of anilines is 3. The van der Waals surface area contributed by atoms with Gasteiger partial charge in [0.25, 0.3) is 0 Å². The van der Waals surface area contributed by atoms with E-state index in [1.165, 1.54) is 120 Å². The van der Waals surface area contributed by atoms with Crippen LogP contribution in [-0.2, 0) is 16.2 Å². The van der Waals surface area contributed by atoms with Gasteiger partial charge in [-0.2, -0.15) is 0 Å². The second-order valence-electron chi connectivity index (χ2n) is 24.2. The Kier molecular flexibility index (Phi) is 9.20. The molecule has 386 valence electrons. The molecule has 3 heteroatoms. The van der Waals surface area contributed by atoms with Crippen molar-refractivity contribution < 1.29 is 4.42 Å². The predicted octanol–water partition coefficient (Wildman–Crippen LogP) is 21.7. The average Bonchev–Trinajstić information content (AvgIpc) is 1.83. The van der Waals surface area contributed by atoms with Crippen LogP contribution in [0.4, 0.5) is 17.1 Å². The summed E-state index contributed by atoms with van der Waals surface area (Å²) < 4.78 is 9.32. The van der Waals surface area contributed by atoms with Crippen LogP contribution in [0.5, 0.6) is 0 Å². The molecule has 0 fully saturated rings. The molecule has 4 aliphatic carbocycles. The van der Waals surface area contributed by atoms with Crippen molar-refractivity contribution in [2.45, 2.75) is 43.9 Å². The molecule has 0 N–H and O–H groups in total. The van der Waals surface area contributed by atoms with Crippen LogP contribution in [0.3, 0.4) is 0 Å². The first-order valence-corrected chi connectivity index (χ1v) is 29.6. The number of benzene rings is 12. The fourth-order valence-corrected chi connectivity index (χ4v) is 17.1. The minimum atomic E-state index is -0.512. The largest absolute Gasteiger partial charge is 0.455 e. The Balaban J connectivity index is 0.788. The minimum absolute atomic E-state index is 0.132. The number of furan rings is 1. The van der Waals surface area contributed by atoms with Gasteiger partial charge in [-0.25, -0.2) is 0 Å². The number of para-hydroxylation sites is 2. The molecule has 12 aromatic carbocycles. The van der Waals surface area contributed by atoms with E-state index in [-0.39, 0.29) is 10.8 Å². The zero-order chi connectivity index (χ0) is 54.4. The number of hydrogen-bond donors (Lipinski definition) is 0. The van der Waals surface area contributed by atoms with Crippen molar-refractivity contribution in [3.05, 3.63) is 293 Å². The Morgan fingerprint density at radius 2 is 0.780 bits per heavy atom. The first kappa shape index (κ1) is 46.2. The third kappa shape index (κ3) is 5.93. The van der Waals surface area contributed by atoms with Crippen molar-refractivity contribution in [1.82, 2.24) is 0 Å². The van der Waals surface area contributed by atoms with Gasteiger partial charge in [0, 0.05) is 70.0 Å². The van der Waals surface area contributed by atoms with Gasteiger partial charge < -0.3 is 9.32 Å². The highest BCUT2D eigenvalue weighted by atomic mass is 32.1. The molecule has 82 heavy (non-hydrogen) atoms. The number of rotatable bonds is 5. The summed E-state index contributed by atoms with van der Waals surface area (Å²) in [5.74, 6) is 0. The van der Waals surface area contributed by atoms with Gasteiger partial charge in [0.2, 0.25) is 0 Å². The van der Waals surface area contributed by atoms with Crippen LogP contribution < -0.4 is 4.90 Å². The topological polar surface area (TPSA) is 16.4 Å². The molecule has 18 rings (SSSR count). The van der Waals surface area contributed by atoms with Crippen LogP contribution in [0, 0.1) is 0 Å². The molecule has 0 aliphatic heterocycles. The van der Waals surface area contributed by atoms with E-state index in [0.717, 1.165) is 50.1 Å². The Labute approximate surface area is 480 Å². The van der Waals surface area contributed by atoms with E-state index in [0.29, 0.717) is 0 Å². The average molecular weight is 1060 g/mol. The quantitative estimate of drug-likeness (QED) is 0.171. The van der Waals surface area contributed by atoms with Crippen molar-refractivity contribution in [1.29, 1.82) is 0 Å². The van der Waals surface area contributed by atoms with Crippen molar-refractivity contribution in [3.8, 4) is 66.8 Å². The van der Waals surface area contributed by atoms with Crippen LogP contribution in [0.2, 0.25) is 0 Å². The molecule has 1 atom stereocenters. The maximum Gasteiger partial charge on any atom is 0.143 e. The summed E-state index contributed by atoms with van der Waals surface area (Å²) in [5, 5.41) is 4.88. The van der Waals surface area contributed by atoms with E-state index in [9.17, 15) is 0 Å². The third-order valence-electron chi connectivity index (χ3n) is 19.5. The number of fused-ring (bicyclic) bond motifs is 23. The second-order valence-corrected chi connectivity index (χ2v) is 25.2. The van der Waals surface area contributed by atoms with Crippen LogP contribution in [-0.4, -0.2) is 0 Å². The van der Waals surface area contributed by atoms with Crippen LogP contribution in [0.15, 0.2) is 253 Å². The van der Waals surface area contributed by atoms with Gasteiger partial charge in [-0.05, 0) is 149 Å². The Bertz CT molecular complexity index is 5020. The second kappa shape index (κ2) is 16.3. The van der Waals surface area contributed by atoms with Crippen molar-refractivity contribution in [3.63, 3.8) is 0 Å². The van der Waals surface area contributed by atoms with E-state index in [4.69, 9.17) is 4.42 Å². The van der Waals surface area contributed by atoms with Gasteiger partial charge in [-0.15, -0.1) is 11.3 Å². The first-order valence-electron chi connectivity index (χ1n) is 28.8. The van der Waals surface area contributed by atoms with E-state index >= 15 is 0 Å². The number of nitrogens with zero attached hydrogens (tertiary/aromatic N) is 1. The molecule has 0 saturated carbocycles. The van der Waals surface area contributed by atoms with Gasteiger partial charge >= 0.3 is 0 Å². The van der Waals surface area contributed by atoms with Gasteiger partial charge in [-0.1, -0.05) is 228 Å². The molecule has 2 heterocycles. The summed E-state index contributed by atoms with van der Waals surface area (Å²) in [6.45, 7) is 9.51.